The SMILES string of the molecule is c1ccc(-c2ccc(-c3nc4ccccc4nc3-n3c4ccc(-c5ccc6c(c5)c5ccccc5n6-c5ccccc5)cc4c4c5ccccc5ccc43)cc2)cc1. The number of rotatable bonds is 5. The third-order valence-corrected chi connectivity index (χ3v) is 11.7. The summed E-state index contributed by atoms with van der Waals surface area (Å²) in [6, 6.07) is 73.8. The molecule has 58 heavy (non-hydrogen) atoms. The van der Waals surface area contributed by atoms with Crippen molar-refractivity contribution >= 4 is 65.4 Å². The highest BCUT2D eigenvalue weighted by Gasteiger charge is 2.22. The van der Waals surface area contributed by atoms with Crippen molar-refractivity contribution in [1.82, 2.24) is 19.1 Å². The second-order valence-electron chi connectivity index (χ2n) is 15.0. The van der Waals surface area contributed by atoms with E-state index in [1.54, 1.807) is 0 Å². The summed E-state index contributed by atoms with van der Waals surface area (Å²) in [6.45, 7) is 0. The summed E-state index contributed by atoms with van der Waals surface area (Å²) in [7, 11) is 0. The molecule has 0 radical (unpaired) electrons. The maximum atomic E-state index is 5.42. The minimum absolute atomic E-state index is 0.810. The summed E-state index contributed by atoms with van der Waals surface area (Å²) < 4.78 is 4.70. The van der Waals surface area contributed by atoms with E-state index >= 15 is 0 Å². The summed E-state index contributed by atoms with van der Waals surface area (Å²) in [5.74, 6) is 0.810. The Kier molecular flexibility index (Phi) is 7.20. The molecular weight excluding hydrogens is 705 g/mol. The lowest BCUT2D eigenvalue weighted by atomic mass is 9.99. The summed E-state index contributed by atoms with van der Waals surface area (Å²) >= 11 is 0. The fourth-order valence-electron chi connectivity index (χ4n) is 9.00. The molecule has 0 aliphatic carbocycles. The molecule has 0 bridgehead atoms. The van der Waals surface area contributed by atoms with Crippen LogP contribution in [0.3, 0.4) is 0 Å². The molecule has 12 aromatic rings. The zero-order chi connectivity index (χ0) is 38.2. The monoisotopic (exact) mass is 738 g/mol. The quantitative estimate of drug-likeness (QED) is 0.176. The molecule has 4 nitrogen and oxygen atoms in total. The van der Waals surface area contributed by atoms with E-state index in [0.29, 0.717) is 0 Å². The molecule has 0 fully saturated rings. The van der Waals surface area contributed by atoms with Crippen molar-refractivity contribution in [3.63, 3.8) is 0 Å². The first-order valence-corrected chi connectivity index (χ1v) is 19.7. The molecule has 270 valence electrons. The van der Waals surface area contributed by atoms with Gasteiger partial charge in [0.25, 0.3) is 0 Å². The highest BCUT2D eigenvalue weighted by atomic mass is 15.1. The normalized spacial score (nSPS) is 11.8. The highest BCUT2D eigenvalue weighted by molar-refractivity contribution is 6.22. The average Bonchev–Trinajstić information content (AvgIpc) is 3.81. The van der Waals surface area contributed by atoms with Gasteiger partial charge in [0.15, 0.2) is 5.82 Å². The van der Waals surface area contributed by atoms with Crippen molar-refractivity contribution in [2.45, 2.75) is 0 Å². The largest absolute Gasteiger partial charge is 0.309 e. The highest BCUT2D eigenvalue weighted by Crippen LogP contribution is 2.42. The number of nitrogens with zero attached hydrogens (tertiary/aromatic N) is 4. The van der Waals surface area contributed by atoms with Crippen LogP contribution in [0.5, 0.6) is 0 Å². The Labute approximate surface area is 334 Å². The van der Waals surface area contributed by atoms with Crippen molar-refractivity contribution in [3.05, 3.63) is 206 Å². The lowest BCUT2D eigenvalue weighted by Gasteiger charge is -2.14. The second kappa shape index (κ2) is 12.9. The topological polar surface area (TPSA) is 35.6 Å². The van der Waals surface area contributed by atoms with E-state index in [0.717, 1.165) is 44.8 Å². The molecular formula is C54H34N4. The van der Waals surface area contributed by atoms with Crippen LogP contribution >= 0.6 is 0 Å². The van der Waals surface area contributed by atoms with Crippen molar-refractivity contribution in [1.29, 1.82) is 0 Å². The van der Waals surface area contributed by atoms with Crippen molar-refractivity contribution in [2.24, 2.45) is 0 Å². The van der Waals surface area contributed by atoms with Gasteiger partial charge >= 0.3 is 0 Å². The number of benzene rings is 9. The van der Waals surface area contributed by atoms with Crippen LogP contribution in [0.1, 0.15) is 0 Å². The van der Waals surface area contributed by atoms with Crippen LogP contribution in [0.25, 0.3) is 110 Å². The molecule has 0 unspecified atom stereocenters. The van der Waals surface area contributed by atoms with Crippen molar-refractivity contribution in [3.8, 4) is 45.0 Å². The fraction of sp³-hybridized carbons (Fsp3) is 0. The minimum Gasteiger partial charge on any atom is -0.309 e. The number of aromatic nitrogens is 4. The molecule has 3 aromatic heterocycles. The molecule has 0 spiro atoms. The van der Waals surface area contributed by atoms with Crippen LogP contribution in [-0.4, -0.2) is 19.1 Å². The second-order valence-corrected chi connectivity index (χ2v) is 15.0. The average molecular weight is 739 g/mol. The van der Waals surface area contributed by atoms with Gasteiger partial charge in [0, 0.05) is 32.8 Å². The van der Waals surface area contributed by atoms with Crippen LogP contribution < -0.4 is 0 Å². The maximum Gasteiger partial charge on any atom is 0.165 e. The minimum atomic E-state index is 0.810. The van der Waals surface area contributed by atoms with Crippen LogP contribution in [-0.2, 0) is 0 Å². The van der Waals surface area contributed by atoms with Gasteiger partial charge in [-0.2, -0.15) is 0 Å². The van der Waals surface area contributed by atoms with Gasteiger partial charge in [0.1, 0.15) is 5.69 Å². The molecule has 0 atom stereocenters. The smallest absolute Gasteiger partial charge is 0.165 e. The summed E-state index contributed by atoms with van der Waals surface area (Å²) in [5, 5.41) is 7.28. The van der Waals surface area contributed by atoms with Gasteiger partial charge in [-0.25, -0.2) is 9.97 Å². The predicted molar refractivity (Wildman–Crippen MR) is 242 cm³/mol. The van der Waals surface area contributed by atoms with E-state index in [1.807, 2.05) is 18.2 Å². The summed E-state index contributed by atoms with van der Waals surface area (Å²) in [5.41, 5.74) is 14.0. The predicted octanol–water partition coefficient (Wildman–Crippen LogP) is 14.0. The molecule has 0 saturated heterocycles. The Morgan fingerprint density at radius 3 is 1.62 bits per heavy atom. The molecule has 0 aliphatic rings. The van der Waals surface area contributed by atoms with Crippen molar-refractivity contribution in [2.75, 3.05) is 0 Å². The number of hydrogen-bond acceptors (Lipinski definition) is 2. The molecule has 0 aliphatic heterocycles. The van der Waals surface area contributed by atoms with E-state index in [9.17, 15) is 0 Å². The lowest BCUT2D eigenvalue weighted by Crippen LogP contribution is -2.03. The zero-order valence-corrected chi connectivity index (χ0v) is 31.4. The van der Waals surface area contributed by atoms with Crippen LogP contribution in [0.2, 0.25) is 0 Å². The van der Waals surface area contributed by atoms with Gasteiger partial charge in [-0.05, 0) is 93.7 Å². The molecule has 9 aromatic carbocycles. The van der Waals surface area contributed by atoms with Gasteiger partial charge in [-0.3, -0.25) is 4.57 Å². The molecule has 3 heterocycles. The molecule has 0 N–H and O–H groups in total. The standard InChI is InChI=1S/C54H34N4/c1-3-13-35(14-4-1)36-23-25-38(26-24-36)53-54(56-47-21-11-10-20-46(47)55-53)58-50-31-29-40(34-45(50)52-42-18-8-7-15-37(42)27-32-51(52)58)39-28-30-49-44(33-39)43-19-9-12-22-48(43)57(49)41-16-5-2-6-17-41/h1-34H. The van der Waals surface area contributed by atoms with E-state index < -0.39 is 0 Å². The molecule has 0 saturated carbocycles. The Balaban J connectivity index is 1.10. The Hall–Kier alpha value is -7.82. The van der Waals surface area contributed by atoms with Gasteiger partial charge < -0.3 is 4.57 Å². The third kappa shape index (κ3) is 5.02. The third-order valence-electron chi connectivity index (χ3n) is 11.7. The van der Waals surface area contributed by atoms with Crippen LogP contribution in [0, 0.1) is 0 Å². The van der Waals surface area contributed by atoms with Crippen LogP contribution in [0.4, 0.5) is 0 Å². The summed E-state index contributed by atoms with van der Waals surface area (Å²) in [6.07, 6.45) is 0. The number of para-hydroxylation sites is 4. The number of hydrogen-bond donors (Lipinski definition) is 0. The first-order chi connectivity index (χ1) is 28.8. The van der Waals surface area contributed by atoms with E-state index in [1.165, 1.54) is 65.6 Å². The van der Waals surface area contributed by atoms with Crippen LogP contribution in [0.15, 0.2) is 206 Å². The molecule has 12 rings (SSSR count). The Morgan fingerprint density at radius 1 is 0.310 bits per heavy atom. The zero-order valence-electron chi connectivity index (χ0n) is 31.4. The fourth-order valence-corrected chi connectivity index (χ4v) is 9.00. The van der Waals surface area contributed by atoms with Crippen molar-refractivity contribution < 1.29 is 0 Å². The van der Waals surface area contributed by atoms with Gasteiger partial charge in [0.2, 0.25) is 0 Å². The lowest BCUT2D eigenvalue weighted by molar-refractivity contribution is 1.08. The van der Waals surface area contributed by atoms with Gasteiger partial charge in [-0.1, -0.05) is 146 Å². The first-order valence-electron chi connectivity index (χ1n) is 19.7. The Morgan fingerprint density at radius 2 is 0.845 bits per heavy atom. The molecule has 0 amide bonds. The van der Waals surface area contributed by atoms with Gasteiger partial charge in [0.05, 0.1) is 33.1 Å². The number of fused-ring (bicyclic) bond motifs is 9. The maximum absolute atomic E-state index is 5.42. The summed E-state index contributed by atoms with van der Waals surface area (Å²) in [4.78, 5) is 10.8. The molecule has 4 heteroatoms. The van der Waals surface area contributed by atoms with Gasteiger partial charge in [-0.15, -0.1) is 0 Å². The Bertz CT molecular complexity index is 3540. The van der Waals surface area contributed by atoms with E-state index in [-0.39, 0.29) is 0 Å². The first kappa shape index (κ1) is 32.4. The van der Waals surface area contributed by atoms with E-state index in [2.05, 4.69) is 197 Å². The van der Waals surface area contributed by atoms with E-state index in [4.69, 9.17) is 9.97 Å².